The first kappa shape index (κ1) is 15.6. The Hall–Kier alpha value is -2.24. The molecule has 1 saturated heterocycles. The van der Waals surface area contributed by atoms with E-state index >= 15 is 0 Å². The molecule has 2 unspecified atom stereocenters. The number of carboxylic acid groups (broad SMARTS) is 1. The Labute approximate surface area is 135 Å². The van der Waals surface area contributed by atoms with E-state index in [-0.39, 0.29) is 24.3 Å². The third-order valence-corrected chi connectivity index (χ3v) is 4.48. The molecule has 3 rings (SSSR count). The molecule has 23 heavy (non-hydrogen) atoms. The molecule has 2 heterocycles. The van der Waals surface area contributed by atoms with Crippen molar-refractivity contribution in [2.24, 2.45) is 5.92 Å². The summed E-state index contributed by atoms with van der Waals surface area (Å²) >= 11 is 0. The second kappa shape index (κ2) is 6.48. The Balaban J connectivity index is 1.62. The van der Waals surface area contributed by atoms with Gasteiger partial charge in [0.25, 0.3) is 5.91 Å². The number of likely N-dealkylation sites (tertiary alicyclic amines) is 1. The number of hydrogen-bond acceptors (Lipinski definition) is 4. The summed E-state index contributed by atoms with van der Waals surface area (Å²) in [5.41, 5.74) is 0. The number of hydrogen-bond donors (Lipinski definition) is 1. The standard InChI is InChI=1S/C17H21NO5/c1-11-16(23-14-5-3-2-4-13(14)22-11)17(21)18-8-6-12(7-9-18)10-15(19)20/h2-5,11-12,16H,6-10H2,1H3,(H,19,20). The van der Waals surface area contributed by atoms with Gasteiger partial charge in [-0.25, -0.2) is 0 Å². The minimum absolute atomic E-state index is 0.0826. The number of nitrogens with zero attached hydrogens (tertiary/aromatic N) is 1. The quantitative estimate of drug-likeness (QED) is 0.921. The van der Waals surface area contributed by atoms with Crippen molar-refractivity contribution in [3.8, 4) is 11.5 Å². The number of rotatable bonds is 3. The Morgan fingerprint density at radius 2 is 1.78 bits per heavy atom. The first-order chi connectivity index (χ1) is 11.0. The molecule has 0 aromatic heterocycles. The monoisotopic (exact) mass is 319 g/mol. The van der Waals surface area contributed by atoms with Crippen LogP contribution in [0.2, 0.25) is 0 Å². The van der Waals surface area contributed by atoms with Crippen LogP contribution in [0.5, 0.6) is 11.5 Å². The largest absolute Gasteiger partial charge is 0.482 e. The number of carboxylic acids is 1. The number of piperidine rings is 1. The Morgan fingerprint density at radius 3 is 2.39 bits per heavy atom. The van der Waals surface area contributed by atoms with E-state index in [0.717, 1.165) is 12.8 Å². The van der Waals surface area contributed by atoms with Gasteiger partial charge in [-0.15, -0.1) is 0 Å². The van der Waals surface area contributed by atoms with E-state index in [4.69, 9.17) is 14.6 Å². The smallest absolute Gasteiger partial charge is 0.303 e. The first-order valence-corrected chi connectivity index (χ1v) is 7.97. The lowest BCUT2D eigenvalue weighted by Crippen LogP contribution is -2.52. The van der Waals surface area contributed by atoms with Crippen molar-refractivity contribution in [2.45, 2.75) is 38.4 Å². The molecule has 124 valence electrons. The van der Waals surface area contributed by atoms with Gasteiger partial charge in [0, 0.05) is 19.5 Å². The topological polar surface area (TPSA) is 76.1 Å². The summed E-state index contributed by atoms with van der Waals surface area (Å²) < 4.78 is 11.6. The number of carbonyl (C=O) groups is 2. The van der Waals surface area contributed by atoms with Gasteiger partial charge < -0.3 is 19.5 Å². The fraction of sp³-hybridized carbons (Fsp3) is 0.529. The van der Waals surface area contributed by atoms with Gasteiger partial charge in [-0.2, -0.15) is 0 Å². The highest BCUT2D eigenvalue weighted by Gasteiger charge is 2.37. The van der Waals surface area contributed by atoms with E-state index in [1.807, 2.05) is 25.1 Å². The van der Waals surface area contributed by atoms with Gasteiger partial charge in [-0.3, -0.25) is 9.59 Å². The lowest BCUT2D eigenvalue weighted by atomic mass is 9.93. The molecule has 0 aliphatic carbocycles. The van der Waals surface area contributed by atoms with E-state index in [1.165, 1.54) is 0 Å². The van der Waals surface area contributed by atoms with Crippen molar-refractivity contribution in [3.63, 3.8) is 0 Å². The summed E-state index contributed by atoms with van der Waals surface area (Å²) in [6.45, 7) is 2.98. The lowest BCUT2D eigenvalue weighted by Gasteiger charge is -2.37. The van der Waals surface area contributed by atoms with Crippen molar-refractivity contribution in [3.05, 3.63) is 24.3 Å². The van der Waals surface area contributed by atoms with Gasteiger partial charge in [0.2, 0.25) is 6.10 Å². The van der Waals surface area contributed by atoms with Crippen LogP contribution >= 0.6 is 0 Å². The van der Waals surface area contributed by atoms with E-state index in [2.05, 4.69) is 0 Å². The maximum atomic E-state index is 12.7. The van der Waals surface area contributed by atoms with Crippen LogP contribution in [-0.4, -0.2) is 47.2 Å². The van der Waals surface area contributed by atoms with Crippen LogP contribution < -0.4 is 9.47 Å². The van der Waals surface area contributed by atoms with E-state index in [9.17, 15) is 9.59 Å². The zero-order chi connectivity index (χ0) is 16.4. The Kier molecular flexibility index (Phi) is 4.41. The van der Waals surface area contributed by atoms with Crippen LogP contribution in [0, 0.1) is 5.92 Å². The van der Waals surface area contributed by atoms with Crippen molar-refractivity contribution in [1.29, 1.82) is 0 Å². The minimum Gasteiger partial charge on any atom is -0.482 e. The summed E-state index contributed by atoms with van der Waals surface area (Å²) in [5.74, 6) is 0.539. The maximum Gasteiger partial charge on any atom is 0.303 e. The fourth-order valence-electron chi connectivity index (χ4n) is 3.18. The van der Waals surface area contributed by atoms with Crippen molar-refractivity contribution in [1.82, 2.24) is 4.90 Å². The highest BCUT2D eigenvalue weighted by atomic mass is 16.6. The van der Waals surface area contributed by atoms with Crippen molar-refractivity contribution >= 4 is 11.9 Å². The molecule has 1 fully saturated rings. The SMILES string of the molecule is CC1Oc2ccccc2OC1C(=O)N1CCC(CC(=O)O)CC1. The zero-order valence-electron chi connectivity index (χ0n) is 13.1. The number of para-hydroxylation sites is 2. The molecule has 0 bridgehead atoms. The molecule has 2 aliphatic heterocycles. The molecule has 6 nitrogen and oxygen atoms in total. The van der Waals surface area contributed by atoms with Gasteiger partial charge in [-0.05, 0) is 37.8 Å². The summed E-state index contributed by atoms with van der Waals surface area (Å²) in [6.07, 6.45) is 0.609. The fourth-order valence-corrected chi connectivity index (χ4v) is 3.18. The van der Waals surface area contributed by atoms with Crippen LogP contribution in [0.15, 0.2) is 24.3 Å². The minimum atomic E-state index is -0.774. The number of amides is 1. The van der Waals surface area contributed by atoms with E-state index in [0.29, 0.717) is 24.6 Å². The summed E-state index contributed by atoms with van der Waals surface area (Å²) in [6, 6.07) is 7.33. The molecule has 0 saturated carbocycles. The van der Waals surface area contributed by atoms with E-state index in [1.54, 1.807) is 11.0 Å². The predicted molar refractivity (Wildman–Crippen MR) is 82.5 cm³/mol. The normalized spacial score (nSPS) is 24.3. The summed E-state index contributed by atoms with van der Waals surface area (Å²) in [5, 5.41) is 8.86. The maximum absolute atomic E-state index is 12.7. The third-order valence-electron chi connectivity index (χ3n) is 4.48. The third kappa shape index (κ3) is 3.41. The highest BCUT2D eigenvalue weighted by Crippen LogP contribution is 2.34. The van der Waals surface area contributed by atoms with Crippen molar-refractivity contribution < 1.29 is 24.2 Å². The van der Waals surface area contributed by atoms with Gasteiger partial charge in [-0.1, -0.05) is 12.1 Å². The molecule has 1 N–H and O–H groups in total. The molecular weight excluding hydrogens is 298 g/mol. The van der Waals surface area contributed by atoms with Gasteiger partial charge >= 0.3 is 5.97 Å². The molecule has 1 amide bonds. The summed E-state index contributed by atoms with van der Waals surface area (Å²) in [7, 11) is 0. The molecular formula is C17H21NO5. The number of benzene rings is 1. The molecule has 2 aliphatic rings. The number of fused-ring (bicyclic) bond motifs is 1. The lowest BCUT2D eigenvalue weighted by molar-refractivity contribution is -0.146. The zero-order valence-corrected chi connectivity index (χ0v) is 13.1. The second-order valence-corrected chi connectivity index (χ2v) is 6.17. The number of ether oxygens (including phenoxy) is 2. The molecule has 0 spiro atoms. The van der Waals surface area contributed by atoms with Crippen LogP contribution in [-0.2, 0) is 9.59 Å². The van der Waals surface area contributed by atoms with Crippen LogP contribution in [0.1, 0.15) is 26.2 Å². The van der Waals surface area contributed by atoms with Gasteiger partial charge in [0.1, 0.15) is 6.10 Å². The van der Waals surface area contributed by atoms with Crippen LogP contribution in [0.25, 0.3) is 0 Å². The average Bonchev–Trinajstić information content (AvgIpc) is 2.54. The number of carbonyl (C=O) groups excluding carboxylic acids is 1. The van der Waals surface area contributed by atoms with Crippen molar-refractivity contribution in [2.75, 3.05) is 13.1 Å². The molecule has 6 heteroatoms. The molecule has 0 radical (unpaired) electrons. The average molecular weight is 319 g/mol. The van der Waals surface area contributed by atoms with Gasteiger partial charge in [0.05, 0.1) is 0 Å². The predicted octanol–water partition coefficient (Wildman–Crippen LogP) is 1.93. The van der Waals surface area contributed by atoms with Gasteiger partial charge in [0.15, 0.2) is 11.5 Å². The molecule has 1 aromatic rings. The Morgan fingerprint density at radius 1 is 1.17 bits per heavy atom. The van der Waals surface area contributed by atoms with Crippen LogP contribution in [0.4, 0.5) is 0 Å². The highest BCUT2D eigenvalue weighted by molar-refractivity contribution is 5.82. The second-order valence-electron chi connectivity index (χ2n) is 6.17. The molecule has 1 aromatic carbocycles. The first-order valence-electron chi connectivity index (χ1n) is 7.97. The Bertz CT molecular complexity index is 594. The summed E-state index contributed by atoms with van der Waals surface area (Å²) in [4.78, 5) is 25.2. The van der Waals surface area contributed by atoms with E-state index < -0.39 is 12.1 Å². The number of aliphatic carboxylic acids is 1. The van der Waals surface area contributed by atoms with Crippen LogP contribution in [0.3, 0.4) is 0 Å². The molecule has 2 atom stereocenters.